The first-order valence-corrected chi connectivity index (χ1v) is 9.34. The monoisotopic (exact) mass is 437 g/mol. The Labute approximate surface area is 175 Å². The smallest absolute Gasteiger partial charge is 0.449 e. The van der Waals surface area contributed by atoms with Crippen LogP contribution in [0.25, 0.3) is 10.9 Å². The van der Waals surface area contributed by atoms with Gasteiger partial charge in [0.05, 0.1) is 41.0 Å². The third-order valence-electron chi connectivity index (χ3n) is 4.50. The van der Waals surface area contributed by atoms with Crippen molar-refractivity contribution in [1.82, 2.24) is 4.57 Å². The van der Waals surface area contributed by atoms with Crippen LogP contribution in [0, 0.1) is 0 Å². The maximum Gasteiger partial charge on any atom is 0.511 e. The topological polar surface area (TPSA) is 109 Å². The van der Waals surface area contributed by atoms with E-state index in [9.17, 15) is 19.8 Å². The van der Waals surface area contributed by atoms with E-state index >= 15 is 0 Å². The molecular weight excluding hydrogens is 421 g/mol. The molecule has 29 heavy (non-hydrogen) atoms. The number of hydrogen-bond donors (Lipinski definition) is 3. The lowest BCUT2D eigenvalue weighted by atomic mass is 10.0. The number of carboxylic acid groups (broad SMARTS) is 1. The van der Waals surface area contributed by atoms with Gasteiger partial charge in [0.2, 0.25) is 5.43 Å². The van der Waals surface area contributed by atoms with E-state index in [1.54, 1.807) is 30.3 Å². The van der Waals surface area contributed by atoms with Crippen LogP contribution in [0.15, 0.2) is 47.4 Å². The average Bonchev–Trinajstić information content (AvgIpc) is 2.69. The Bertz CT molecular complexity index is 1120. The fraction of sp³-hybridized carbons (Fsp3) is 0.200. The van der Waals surface area contributed by atoms with Gasteiger partial charge >= 0.3 is 6.16 Å². The zero-order valence-corrected chi connectivity index (χ0v) is 16.5. The van der Waals surface area contributed by atoms with Crippen LogP contribution in [0.3, 0.4) is 0 Å². The molecule has 1 heterocycles. The summed E-state index contributed by atoms with van der Waals surface area (Å²) in [6, 6.07) is 9.52. The lowest BCUT2D eigenvalue weighted by Gasteiger charge is -2.20. The van der Waals surface area contributed by atoms with E-state index in [-0.39, 0.29) is 5.39 Å². The molecule has 0 bridgehead atoms. The fourth-order valence-electron chi connectivity index (χ4n) is 3.09. The van der Waals surface area contributed by atoms with Crippen molar-refractivity contribution in [3.8, 4) is 5.75 Å². The number of ether oxygens (including phenoxy) is 1. The van der Waals surface area contributed by atoms with Crippen LogP contribution in [0.5, 0.6) is 5.75 Å². The molecule has 7 nitrogen and oxygen atoms in total. The Morgan fingerprint density at radius 3 is 2.52 bits per heavy atom. The third-order valence-corrected chi connectivity index (χ3v) is 5.36. The van der Waals surface area contributed by atoms with Crippen LogP contribution in [0.2, 0.25) is 10.0 Å². The number of fused-ring (bicyclic) bond motifs is 1. The molecule has 0 aliphatic heterocycles. The van der Waals surface area contributed by atoms with Gasteiger partial charge in [-0.1, -0.05) is 41.4 Å². The normalized spacial score (nSPS) is 11.2. The van der Waals surface area contributed by atoms with Crippen LogP contribution in [0.1, 0.15) is 17.2 Å². The van der Waals surface area contributed by atoms with Gasteiger partial charge in [-0.05, 0) is 35.7 Å². The minimum absolute atomic E-state index is 0.186. The number of hydrogen-bond acceptors (Lipinski definition) is 5. The molecule has 0 saturated heterocycles. The van der Waals surface area contributed by atoms with Gasteiger partial charge in [-0.3, -0.25) is 4.79 Å². The summed E-state index contributed by atoms with van der Waals surface area (Å²) in [6.07, 6.45) is -0.0783. The third kappa shape index (κ3) is 4.38. The molecule has 0 radical (unpaired) electrons. The number of aliphatic hydroxyl groups excluding tert-OH is 2. The van der Waals surface area contributed by atoms with Crippen molar-refractivity contribution >= 4 is 40.3 Å². The molecule has 0 aliphatic carbocycles. The van der Waals surface area contributed by atoms with Gasteiger partial charge in [0.25, 0.3) is 0 Å². The molecule has 0 unspecified atom stereocenters. The first-order valence-electron chi connectivity index (χ1n) is 8.58. The highest BCUT2D eigenvalue weighted by molar-refractivity contribution is 6.42. The Morgan fingerprint density at radius 1 is 1.14 bits per heavy atom. The van der Waals surface area contributed by atoms with E-state index in [1.165, 1.54) is 10.8 Å². The van der Waals surface area contributed by atoms with E-state index in [0.29, 0.717) is 22.0 Å². The average molecular weight is 438 g/mol. The quantitative estimate of drug-likeness (QED) is 0.509. The molecule has 0 atom stereocenters. The van der Waals surface area contributed by atoms with Crippen molar-refractivity contribution in [1.29, 1.82) is 0 Å². The molecule has 9 heteroatoms. The van der Waals surface area contributed by atoms with Crippen molar-refractivity contribution in [2.24, 2.45) is 0 Å². The molecular formula is C20H17Cl2NO6. The number of pyridine rings is 1. The van der Waals surface area contributed by atoms with Crippen LogP contribution in [-0.2, 0) is 6.42 Å². The molecule has 3 rings (SSSR count). The van der Waals surface area contributed by atoms with Gasteiger partial charge < -0.3 is 24.6 Å². The fourth-order valence-corrected chi connectivity index (χ4v) is 3.48. The summed E-state index contributed by atoms with van der Waals surface area (Å²) in [5.41, 5.74) is 1.30. The summed E-state index contributed by atoms with van der Waals surface area (Å²) >= 11 is 12.3. The largest absolute Gasteiger partial charge is 0.511 e. The van der Waals surface area contributed by atoms with Gasteiger partial charge in [-0.2, -0.15) is 0 Å². The Hall–Kier alpha value is -2.58. The van der Waals surface area contributed by atoms with Gasteiger partial charge in [0.15, 0.2) is 5.75 Å². The number of aromatic nitrogens is 1. The summed E-state index contributed by atoms with van der Waals surface area (Å²) in [7, 11) is 0. The molecule has 0 amide bonds. The van der Waals surface area contributed by atoms with Crippen molar-refractivity contribution < 1.29 is 24.9 Å². The summed E-state index contributed by atoms with van der Waals surface area (Å²) in [6.45, 7) is -0.832. The Morgan fingerprint density at radius 2 is 1.86 bits per heavy atom. The van der Waals surface area contributed by atoms with E-state index in [1.807, 2.05) is 6.07 Å². The number of halogens is 2. The SMILES string of the molecule is O=C(O)Oc1cn(C(CO)CO)c2ccc(Cc3cccc(Cl)c3Cl)cc2c1=O. The van der Waals surface area contributed by atoms with E-state index in [4.69, 9.17) is 28.3 Å². The highest BCUT2D eigenvalue weighted by atomic mass is 35.5. The molecule has 1 aromatic heterocycles. The summed E-state index contributed by atoms with van der Waals surface area (Å²) in [5, 5.41) is 29.0. The zero-order valence-electron chi connectivity index (χ0n) is 15.0. The van der Waals surface area contributed by atoms with Crippen molar-refractivity contribution in [2.45, 2.75) is 12.5 Å². The summed E-state index contributed by atoms with van der Waals surface area (Å²) in [5.74, 6) is -0.421. The number of nitrogens with zero attached hydrogens (tertiary/aromatic N) is 1. The first kappa shape index (κ1) is 21.1. The molecule has 3 aromatic rings. The second kappa shape index (κ2) is 8.84. The minimum Gasteiger partial charge on any atom is -0.449 e. The number of aliphatic hydroxyl groups is 2. The molecule has 0 fully saturated rings. The van der Waals surface area contributed by atoms with Gasteiger partial charge in [0, 0.05) is 5.39 Å². The maximum atomic E-state index is 12.8. The highest BCUT2D eigenvalue weighted by Gasteiger charge is 2.18. The lowest BCUT2D eigenvalue weighted by Crippen LogP contribution is -2.22. The maximum absolute atomic E-state index is 12.8. The second-order valence-electron chi connectivity index (χ2n) is 6.36. The van der Waals surface area contributed by atoms with Crippen LogP contribution in [0.4, 0.5) is 4.79 Å². The molecule has 152 valence electrons. The lowest BCUT2D eigenvalue weighted by molar-refractivity contribution is 0.142. The van der Waals surface area contributed by atoms with Crippen LogP contribution >= 0.6 is 23.2 Å². The number of rotatable bonds is 6. The molecule has 2 aromatic carbocycles. The Balaban J connectivity index is 2.17. The molecule has 3 N–H and O–H groups in total. The summed E-state index contributed by atoms with van der Waals surface area (Å²) < 4.78 is 6.03. The minimum atomic E-state index is -1.64. The number of benzene rings is 2. The Kier molecular flexibility index (Phi) is 6.44. The number of carbonyl (C=O) groups is 1. The van der Waals surface area contributed by atoms with Crippen molar-refractivity contribution in [3.63, 3.8) is 0 Å². The van der Waals surface area contributed by atoms with Crippen molar-refractivity contribution in [2.75, 3.05) is 13.2 Å². The van der Waals surface area contributed by atoms with E-state index < -0.39 is 36.6 Å². The zero-order chi connectivity index (χ0) is 21.1. The summed E-state index contributed by atoms with van der Waals surface area (Å²) in [4.78, 5) is 23.7. The van der Waals surface area contributed by atoms with Crippen LogP contribution < -0.4 is 10.2 Å². The predicted molar refractivity (Wildman–Crippen MR) is 109 cm³/mol. The molecule has 0 aliphatic rings. The standard InChI is InChI=1S/C20H17Cl2NO6/c21-15-3-1-2-12(18(15)22)6-11-4-5-16-14(7-11)19(26)17(29-20(27)28)8-23(16)13(9-24)10-25/h1-5,7-8,13,24-25H,6,9-10H2,(H,27,28). The second-order valence-corrected chi connectivity index (χ2v) is 7.14. The van der Waals surface area contributed by atoms with Gasteiger partial charge in [0.1, 0.15) is 0 Å². The van der Waals surface area contributed by atoms with E-state index in [2.05, 4.69) is 4.74 Å². The van der Waals surface area contributed by atoms with Crippen LogP contribution in [-0.4, -0.2) is 39.3 Å². The van der Waals surface area contributed by atoms with E-state index in [0.717, 1.165) is 11.1 Å². The molecule has 0 saturated carbocycles. The highest BCUT2D eigenvalue weighted by Crippen LogP contribution is 2.28. The van der Waals surface area contributed by atoms with Crippen molar-refractivity contribution in [3.05, 3.63) is 74.0 Å². The van der Waals surface area contributed by atoms with Gasteiger partial charge in [-0.15, -0.1) is 0 Å². The first-order chi connectivity index (χ1) is 13.8. The van der Waals surface area contributed by atoms with Gasteiger partial charge in [-0.25, -0.2) is 4.79 Å². The predicted octanol–water partition coefficient (Wildman–Crippen LogP) is 3.48. The molecule has 0 spiro atoms.